The molecule has 100 valence electrons. The molecule has 1 heterocycles. The fraction of sp³-hybridized carbons (Fsp3) is 1.00. The number of aliphatic hydroxyl groups excluding tert-OH is 1. The first-order valence-electron chi connectivity index (χ1n) is 6.47. The zero-order chi connectivity index (χ0) is 12.3. The molecule has 5 nitrogen and oxygen atoms in total. The van der Waals surface area contributed by atoms with Crippen LogP contribution >= 0.6 is 0 Å². The van der Waals surface area contributed by atoms with Gasteiger partial charge < -0.3 is 5.11 Å². The van der Waals surface area contributed by atoms with E-state index in [2.05, 4.69) is 4.90 Å². The number of rotatable bonds is 4. The molecule has 0 amide bonds. The lowest BCUT2D eigenvalue weighted by Crippen LogP contribution is -2.51. The minimum absolute atomic E-state index is 0.133. The summed E-state index contributed by atoms with van der Waals surface area (Å²) in [5.74, 6) is 0. The number of nitrogens with zero attached hydrogens (tertiary/aromatic N) is 2. The minimum Gasteiger partial charge on any atom is -0.395 e. The van der Waals surface area contributed by atoms with Crippen LogP contribution in [-0.4, -0.2) is 67.3 Å². The number of β-amino-alcohol motifs (C(OH)–C–C–N with tert-alkyl or cyclic N) is 1. The molecule has 2 rings (SSSR count). The Morgan fingerprint density at radius 3 is 2.18 bits per heavy atom. The fourth-order valence-electron chi connectivity index (χ4n) is 2.75. The van der Waals surface area contributed by atoms with Crippen LogP contribution in [0.1, 0.15) is 25.7 Å². The molecule has 17 heavy (non-hydrogen) atoms. The van der Waals surface area contributed by atoms with Gasteiger partial charge in [-0.05, 0) is 12.8 Å². The Hall–Kier alpha value is -0.170. The zero-order valence-electron chi connectivity index (χ0n) is 10.2. The average Bonchev–Trinajstić information content (AvgIpc) is 2.84. The molecule has 1 saturated heterocycles. The van der Waals surface area contributed by atoms with Crippen molar-refractivity contribution in [3.05, 3.63) is 0 Å². The van der Waals surface area contributed by atoms with E-state index in [1.54, 1.807) is 4.31 Å². The van der Waals surface area contributed by atoms with Crippen LogP contribution in [0.5, 0.6) is 0 Å². The van der Waals surface area contributed by atoms with Gasteiger partial charge >= 0.3 is 0 Å². The lowest BCUT2D eigenvalue weighted by molar-refractivity contribution is 0.151. The second-order valence-corrected chi connectivity index (χ2v) is 7.13. The first-order valence-corrected chi connectivity index (χ1v) is 7.97. The number of aliphatic hydroxyl groups is 1. The SMILES string of the molecule is O=S(=O)(C1CCCC1)N1CCN(CCO)CC1. The molecule has 1 aliphatic carbocycles. The highest BCUT2D eigenvalue weighted by Crippen LogP contribution is 2.27. The van der Waals surface area contributed by atoms with Crippen molar-refractivity contribution in [2.45, 2.75) is 30.9 Å². The standard InChI is InChI=1S/C11H22N2O3S/c14-10-9-12-5-7-13(8-6-12)17(15,16)11-3-1-2-4-11/h11,14H,1-10H2. The molecule has 0 radical (unpaired) electrons. The van der Waals surface area contributed by atoms with Crippen molar-refractivity contribution in [1.29, 1.82) is 0 Å². The summed E-state index contributed by atoms with van der Waals surface area (Å²) < 4.78 is 26.3. The summed E-state index contributed by atoms with van der Waals surface area (Å²) >= 11 is 0. The minimum atomic E-state index is -3.06. The molecule has 1 aliphatic heterocycles. The maximum atomic E-state index is 12.3. The number of piperazine rings is 1. The largest absolute Gasteiger partial charge is 0.395 e. The van der Waals surface area contributed by atoms with Gasteiger partial charge in [-0.15, -0.1) is 0 Å². The van der Waals surface area contributed by atoms with Gasteiger partial charge in [0.2, 0.25) is 10.0 Å². The van der Waals surface area contributed by atoms with Crippen LogP contribution in [0.15, 0.2) is 0 Å². The monoisotopic (exact) mass is 262 g/mol. The van der Waals surface area contributed by atoms with Crippen LogP contribution in [0.2, 0.25) is 0 Å². The van der Waals surface area contributed by atoms with Crippen LogP contribution < -0.4 is 0 Å². The van der Waals surface area contributed by atoms with Crippen molar-refractivity contribution < 1.29 is 13.5 Å². The molecule has 1 saturated carbocycles. The van der Waals surface area contributed by atoms with Gasteiger partial charge in [0, 0.05) is 32.7 Å². The van der Waals surface area contributed by atoms with E-state index >= 15 is 0 Å². The van der Waals surface area contributed by atoms with Crippen molar-refractivity contribution in [3.63, 3.8) is 0 Å². The van der Waals surface area contributed by atoms with E-state index in [9.17, 15) is 8.42 Å². The Morgan fingerprint density at radius 1 is 1.06 bits per heavy atom. The van der Waals surface area contributed by atoms with Crippen LogP contribution in [0.4, 0.5) is 0 Å². The molecule has 0 bridgehead atoms. The van der Waals surface area contributed by atoms with Crippen LogP contribution in [0.25, 0.3) is 0 Å². The Balaban J connectivity index is 1.91. The summed E-state index contributed by atoms with van der Waals surface area (Å²) in [5, 5.41) is 8.71. The molecule has 2 aliphatic rings. The van der Waals surface area contributed by atoms with Crippen LogP contribution in [0.3, 0.4) is 0 Å². The topological polar surface area (TPSA) is 60.9 Å². The quantitative estimate of drug-likeness (QED) is 0.766. The maximum Gasteiger partial charge on any atom is 0.217 e. The molecule has 0 aromatic carbocycles. The van der Waals surface area contributed by atoms with Gasteiger partial charge in [0.15, 0.2) is 0 Å². The summed E-state index contributed by atoms with van der Waals surface area (Å²) in [6, 6.07) is 0. The summed E-state index contributed by atoms with van der Waals surface area (Å²) in [7, 11) is -3.06. The van der Waals surface area contributed by atoms with E-state index < -0.39 is 10.0 Å². The molecule has 2 fully saturated rings. The van der Waals surface area contributed by atoms with Gasteiger partial charge in [-0.1, -0.05) is 12.8 Å². The van der Waals surface area contributed by atoms with E-state index in [1.807, 2.05) is 0 Å². The van der Waals surface area contributed by atoms with E-state index in [0.29, 0.717) is 19.6 Å². The smallest absolute Gasteiger partial charge is 0.217 e. The number of hydrogen-bond acceptors (Lipinski definition) is 4. The first kappa shape index (κ1) is 13.3. The van der Waals surface area contributed by atoms with Crippen LogP contribution in [-0.2, 0) is 10.0 Å². The molecular weight excluding hydrogens is 240 g/mol. The zero-order valence-corrected chi connectivity index (χ0v) is 11.0. The van der Waals surface area contributed by atoms with Gasteiger partial charge in [-0.3, -0.25) is 4.90 Å². The third kappa shape index (κ3) is 2.99. The summed E-state index contributed by atoms with van der Waals surface area (Å²) in [4.78, 5) is 2.11. The molecule has 6 heteroatoms. The predicted octanol–water partition coefficient (Wildman–Crippen LogP) is -0.131. The lowest BCUT2D eigenvalue weighted by atomic mass is 10.3. The van der Waals surface area contributed by atoms with Gasteiger partial charge in [-0.2, -0.15) is 4.31 Å². The number of hydrogen-bond donors (Lipinski definition) is 1. The molecule has 0 aromatic rings. The van der Waals surface area contributed by atoms with Gasteiger partial charge in [0.05, 0.1) is 11.9 Å². The third-order valence-electron chi connectivity index (χ3n) is 3.83. The highest BCUT2D eigenvalue weighted by molar-refractivity contribution is 7.89. The average molecular weight is 262 g/mol. The van der Waals surface area contributed by atoms with E-state index in [1.165, 1.54) is 0 Å². The van der Waals surface area contributed by atoms with Gasteiger partial charge in [0.1, 0.15) is 0 Å². The summed E-state index contributed by atoms with van der Waals surface area (Å²) in [6.07, 6.45) is 3.77. The highest BCUT2D eigenvalue weighted by atomic mass is 32.2. The van der Waals surface area contributed by atoms with Crippen molar-refractivity contribution >= 4 is 10.0 Å². The highest BCUT2D eigenvalue weighted by Gasteiger charge is 2.35. The van der Waals surface area contributed by atoms with Gasteiger partial charge in [0.25, 0.3) is 0 Å². The van der Waals surface area contributed by atoms with E-state index in [0.717, 1.165) is 38.8 Å². The predicted molar refractivity (Wildman–Crippen MR) is 66.3 cm³/mol. The summed E-state index contributed by atoms with van der Waals surface area (Å²) in [6.45, 7) is 3.45. The Kier molecular flexibility index (Phi) is 4.41. The first-order chi connectivity index (χ1) is 8.14. The molecular formula is C11H22N2O3S. The summed E-state index contributed by atoms with van der Waals surface area (Å²) in [5.41, 5.74) is 0. The molecule has 1 N–H and O–H groups in total. The number of sulfonamides is 1. The molecule has 0 aromatic heterocycles. The Bertz CT molecular complexity index is 331. The maximum absolute atomic E-state index is 12.3. The van der Waals surface area contributed by atoms with Crippen molar-refractivity contribution in [1.82, 2.24) is 9.21 Å². The second kappa shape index (κ2) is 5.65. The molecule has 0 spiro atoms. The molecule has 0 unspecified atom stereocenters. The molecule has 0 atom stereocenters. The Morgan fingerprint density at radius 2 is 1.65 bits per heavy atom. The van der Waals surface area contributed by atoms with E-state index in [4.69, 9.17) is 5.11 Å². The normalized spacial score (nSPS) is 25.5. The van der Waals surface area contributed by atoms with Crippen molar-refractivity contribution in [2.75, 3.05) is 39.3 Å². The van der Waals surface area contributed by atoms with Crippen molar-refractivity contribution in [3.8, 4) is 0 Å². The van der Waals surface area contributed by atoms with Gasteiger partial charge in [-0.25, -0.2) is 8.42 Å². The fourth-order valence-corrected chi connectivity index (χ4v) is 4.77. The van der Waals surface area contributed by atoms with Crippen LogP contribution in [0, 0.1) is 0 Å². The lowest BCUT2D eigenvalue weighted by Gasteiger charge is -2.34. The third-order valence-corrected chi connectivity index (χ3v) is 6.23. The second-order valence-electron chi connectivity index (χ2n) is 4.92. The Labute approximate surface area is 103 Å². The van der Waals surface area contributed by atoms with E-state index in [-0.39, 0.29) is 11.9 Å². The van der Waals surface area contributed by atoms with Crippen molar-refractivity contribution in [2.24, 2.45) is 0 Å².